The van der Waals surface area contributed by atoms with E-state index < -0.39 is 0 Å². The van der Waals surface area contributed by atoms with E-state index in [1.165, 1.54) is 9.88 Å². The zero-order valence-electron chi connectivity index (χ0n) is 8.72. The van der Waals surface area contributed by atoms with E-state index >= 15 is 0 Å². The van der Waals surface area contributed by atoms with Gasteiger partial charge in [0, 0.05) is 11.1 Å². The summed E-state index contributed by atoms with van der Waals surface area (Å²) in [4.78, 5) is 5.67. The molecule has 0 aliphatic heterocycles. The first-order valence-corrected chi connectivity index (χ1v) is 5.50. The molecule has 70 valence electrons. The maximum Gasteiger partial charge on any atom is 0.0925 e. The molecule has 0 aliphatic rings. The smallest absolute Gasteiger partial charge is 0.0925 e. The predicted molar refractivity (Wildman–Crippen MR) is 56.9 cm³/mol. The van der Waals surface area contributed by atoms with Crippen LogP contribution in [-0.4, -0.2) is 4.98 Å². The molecule has 0 spiro atoms. The fourth-order valence-electron chi connectivity index (χ4n) is 0.755. The van der Waals surface area contributed by atoms with Crippen LogP contribution in [0.5, 0.6) is 0 Å². The molecule has 0 aromatic carbocycles. The van der Waals surface area contributed by atoms with Crippen molar-refractivity contribution in [3.05, 3.63) is 16.1 Å². The molecule has 2 heteroatoms. The van der Waals surface area contributed by atoms with Crippen LogP contribution in [0.1, 0.15) is 50.4 Å². The van der Waals surface area contributed by atoms with Crippen LogP contribution in [-0.2, 0) is 6.42 Å². The van der Waals surface area contributed by atoms with Crippen LogP contribution in [0.25, 0.3) is 0 Å². The topological polar surface area (TPSA) is 12.9 Å². The van der Waals surface area contributed by atoms with Gasteiger partial charge in [-0.1, -0.05) is 34.6 Å². The van der Waals surface area contributed by atoms with Crippen molar-refractivity contribution in [2.24, 2.45) is 0 Å². The van der Waals surface area contributed by atoms with Crippen molar-refractivity contribution >= 4 is 11.3 Å². The number of hydrogen-bond donors (Lipinski definition) is 0. The van der Waals surface area contributed by atoms with E-state index in [0.717, 1.165) is 6.42 Å². The predicted octanol–water partition coefficient (Wildman–Crippen LogP) is 3.86. The lowest BCUT2D eigenvalue weighted by atomic mass is 10.2. The van der Waals surface area contributed by atoms with E-state index in [4.69, 9.17) is 0 Å². The Morgan fingerprint density at radius 2 is 2.00 bits per heavy atom. The van der Waals surface area contributed by atoms with Crippen LogP contribution >= 0.6 is 11.3 Å². The van der Waals surface area contributed by atoms with Gasteiger partial charge in [0.15, 0.2) is 0 Å². The summed E-state index contributed by atoms with van der Waals surface area (Å²) < 4.78 is 0. The highest BCUT2D eigenvalue weighted by Crippen LogP contribution is 2.21. The van der Waals surface area contributed by atoms with E-state index in [-0.39, 0.29) is 0 Å². The fourth-order valence-corrected chi connectivity index (χ4v) is 1.62. The van der Waals surface area contributed by atoms with Gasteiger partial charge < -0.3 is 0 Å². The second kappa shape index (κ2) is 6.18. The minimum absolute atomic E-state index is 0.637. The van der Waals surface area contributed by atoms with Crippen molar-refractivity contribution in [1.29, 1.82) is 0 Å². The molecule has 0 fully saturated rings. The molecule has 12 heavy (non-hydrogen) atoms. The Morgan fingerprint density at radius 1 is 1.42 bits per heavy atom. The first-order chi connectivity index (χ1) is 5.74. The lowest BCUT2D eigenvalue weighted by molar-refractivity contribution is 0.885. The third-order valence-corrected chi connectivity index (χ3v) is 2.89. The van der Waals surface area contributed by atoms with Gasteiger partial charge in [-0.25, -0.2) is 4.98 Å². The Labute approximate surface area is 79.9 Å². The molecule has 0 amide bonds. The van der Waals surface area contributed by atoms with Crippen LogP contribution in [0, 0.1) is 0 Å². The molecule has 1 nitrogen and oxygen atoms in total. The molecule has 1 aromatic heterocycles. The van der Waals surface area contributed by atoms with Gasteiger partial charge >= 0.3 is 0 Å². The second-order valence-electron chi connectivity index (χ2n) is 2.66. The number of aryl methyl sites for hydroxylation is 1. The minimum Gasteiger partial charge on any atom is -0.249 e. The summed E-state index contributed by atoms with van der Waals surface area (Å²) in [5, 5.41) is 1.25. The SMILES string of the molecule is CC.CCc1ncc(C(C)C)s1. The van der Waals surface area contributed by atoms with Gasteiger partial charge in [-0.15, -0.1) is 11.3 Å². The summed E-state index contributed by atoms with van der Waals surface area (Å²) in [6, 6.07) is 0. The molecular formula is C10H19NS. The summed E-state index contributed by atoms with van der Waals surface area (Å²) in [7, 11) is 0. The minimum atomic E-state index is 0.637. The van der Waals surface area contributed by atoms with E-state index in [0.29, 0.717) is 5.92 Å². The lowest BCUT2D eigenvalue weighted by Gasteiger charge is -1.95. The van der Waals surface area contributed by atoms with E-state index in [1.807, 2.05) is 31.4 Å². The first kappa shape index (κ1) is 11.6. The molecule has 0 saturated heterocycles. The van der Waals surface area contributed by atoms with Crippen LogP contribution in [0.15, 0.2) is 6.20 Å². The van der Waals surface area contributed by atoms with Crippen molar-refractivity contribution in [3.63, 3.8) is 0 Å². The second-order valence-corrected chi connectivity index (χ2v) is 3.81. The third-order valence-electron chi connectivity index (χ3n) is 1.44. The Morgan fingerprint density at radius 3 is 2.25 bits per heavy atom. The Bertz CT molecular complexity index is 203. The van der Waals surface area contributed by atoms with Crippen LogP contribution < -0.4 is 0 Å². The molecule has 0 aliphatic carbocycles. The van der Waals surface area contributed by atoms with Gasteiger partial charge in [-0.05, 0) is 12.3 Å². The van der Waals surface area contributed by atoms with Crippen molar-refractivity contribution < 1.29 is 0 Å². The molecule has 0 saturated carbocycles. The summed E-state index contributed by atoms with van der Waals surface area (Å²) in [5.74, 6) is 0.637. The molecule has 0 N–H and O–H groups in total. The van der Waals surface area contributed by atoms with Crippen molar-refractivity contribution in [2.75, 3.05) is 0 Å². The molecule has 1 heterocycles. The highest BCUT2D eigenvalue weighted by atomic mass is 32.1. The van der Waals surface area contributed by atoms with Crippen molar-refractivity contribution in [3.8, 4) is 0 Å². The summed E-state index contributed by atoms with van der Waals surface area (Å²) in [6.45, 7) is 10.5. The van der Waals surface area contributed by atoms with Gasteiger partial charge in [0.1, 0.15) is 0 Å². The van der Waals surface area contributed by atoms with E-state index in [2.05, 4.69) is 25.8 Å². The normalized spacial score (nSPS) is 9.50. The average molecular weight is 185 g/mol. The Balaban J connectivity index is 0.000000561. The molecule has 0 unspecified atom stereocenters. The standard InChI is InChI=1S/C8H13NS.C2H6/c1-4-8-9-5-7(10-8)6(2)3;1-2/h5-6H,4H2,1-3H3;1-2H3. The zero-order chi connectivity index (χ0) is 9.56. The van der Waals surface area contributed by atoms with Gasteiger partial charge in [0.2, 0.25) is 0 Å². The van der Waals surface area contributed by atoms with Gasteiger partial charge in [-0.2, -0.15) is 0 Å². The number of nitrogens with zero attached hydrogens (tertiary/aromatic N) is 1. The van der Waals surface area contributed by atoms with Gasteiger partial charge in [0.25, 0.3) is 0 Å². The van der Waals surface area contributed by atoms with Gasteiger partial charge in [0.05, 0.1) is 5.01 Å². The Kier molecular flexibility index (Phi) is 5.99. The maximum absolute atomic E-state index is 4.27. The fraction of sp³-hybridized carbons (Fsp3) is 0.700. The summed E-state index contributed by atoms with van der Waals surface area (Å²) in [5.41, 5.74) is 0. The maximum atomic E-state index is 4.27. The molecule has 1 rings (SSSR count). The third kappa shape index (κ3) is 3.35. The van der Waals surface area contributed by atoms with Crippen LogP contribution in [0.3, 0.4) is 0 Å². The van der Waals surface area contributed by atoms with Crippen molar-refractivity contribution in [2.45, 2.75) is 47.0 Å². The van der Waals surface area contributed by atoms with Crippen molar-refractivity contribution in [1.82, 2.24) is 4.98 Å². The highest BCUT2D eigenvalue weighted by molar-refractivity contribution is 7.11. The monoisotopic (exact) mass is 185 g/mol. The highest BCUT2D eigenvalue weighted by Gasteiger charge is 2.02. The largest absolute Gasteiger partial charge is 0.249 e. The number of aromatic nitrogens is 1. The molecule has 0 atom stereocenters. The average Bonchev–Trinajstić information content (AvgIpc) is 2.55. The van der Waals surface area contributed by atoms with E-state index in [9.17, 15) is 0 Å². The lowest BCUT2D eigenvalue weighted by Crippen LogP contribution is -1.77. The quantitative estimate of drug-likeness (QED) is 0.682. The molecular weight excluding hydrogens is 166 g/mol. The van der Waals surface area contributed by atoms with E-state index in [1.54, 1.807) is 0 Å². The number of hydrogen-bond acceptors (Lipinski definition) is 2. The first-order valence-electron chi connectivity index (χ1n) is 4.68. The summed E-state index contributed by atoms with van der Waals surface area (Å²) >= 11 is 1.83. The zero-order valence-corrected chi connectivity index (χ0v) is 9.53. The summed E-state index contributed by atoms with van der Waals surface area (Å²) in [6.07, 6.45) is 3.06. The molecule has 1 aromatic rings. The molecule has 0 bridgehead atoms. The Hall–Kier alpha value is -0.370. The van der Waals surface area contributed by atoms with Crippen LogP contribution in [0.2, 0.25) is 0 Å². The number of thiazole rings is 1. The van der Waals surface area contributed by atoms with Gasteiger partial charge in [-0.3, -0.25) is 0 Å². The van der Waals surface area contributed by atoms with Crippen LogP contribution in [0.4, 0.5) is 0 Å². The number of rotatable bonds is 2. The molecule has 0 radical (unpaired) electrons.